The molecular formula is C14H12Br2F2N2. The second kappa shape index (κ2) is 6.76. The van der Waals surface area contributed by atoms with Crippen molar-refractivity contribution < 1.29 is 8.78 Å². The fourth-order valence-corrected chi connectivity index (χ4v) is 2.75. The summed E-state index contributed by atoms with van der Waals surface area (Å²) in [5.41, 5.74) is 3.91. The summed E-state index contributed by atoms with van der Waals surface area (Å²) in [4.78, 5) is 0. The third-order valence-corrected chi connectivity index (χ3v) is 4.06. The van der Waals surface area contributed by atoms with Crippen molar-refractivity contribution in [2.75, 3.05) is 0 Å². The predicted molar refractivity (Wildman–Crippen MR) is 82.0 cm³/mol. The number of hydrogen-bond donors (Lipinski definition) is 2. The average Bonchev–Trinajstić information content (AvgIpc) is 2.43. The lowest BCUT2D eigenvalue weighted by Crippen LogP contribution is -2.30. The number of hydrogen-bond acceptors (Lipinski definition) is 2. The Labute approximate surface area is 132 Å². The first-order valence-corrected chi connectivity index (χ1v) is 7.45. The van der Waals surface area contributed by atoms with Crippen molar-refractivity contribution in [3.63, 3.8) is 0 Å². The van der Waals surface area contributed by atoms with E-state index < -0.39 is 6.04 Å². The summed E-state index contributed by atoms with van der Waals surface area (Å²) in [6.45, 7) is 0. The lowest BCUT2D eigenvalue weighted by Gasteiger charge is -2.17. The molecule has 0 radical (unpaired) electrons. The van der Waals surface area contributed by atoms with Crippen LogP contribution in [0.15, 0.2) is 45.3 Å². The monoisotopic (exact) mass is 404 g/mol. The van der Waals surface area contributed by atoms with Crippen molar-refractivity contribution in [2.24, 2.45) is 5.84 Å². The molecule has 0 amide bonds. The molecule has 106 valence electrons. The predicted octanol–water partition coefficient (Wildman–Crippen LogP) is 4.24. The maximum absolute atomic E-state index is 13.9. The molecule has 0 aromatic heterocycles. The first-order valence-electron chi connectivity index (χ1n) is 5.86. The van der Waals surface area contributed by atoms with Crippen LogP contribution >= 0.6 is 31.9 Å². The standard InChI is InChI=1S/C14H12Br2F2N2/c15-9-2-4-12(17)10(7-9)14(20-19)6-8-1-3-13(18)11(16)5-8/h1-5,7,14,20H,6,19H2. The average molecular weight is 406 g/mol. The van der Waals surface area contributed by atoms with E-state index in [0.29, 0.717) is 16.5 Å². The number of rotatable bonds is 4. The van der Waals surface area contributed by atoms with Crippen LogP contribution in [0.2, 0.25) is 0 Å². The van der Waals surface area contributed by atoms with Gasteiger partial charge in [0.2, 0.25) is 0 Å². The van der Waals surface area contributed by atoms with Gasteiger partial charge in [-0.05, 0) is 58.2 Å². The zero-order valence-corrected chi connectivity index (χ0v) is 13.5. The Morgan fingerprint density at radius 2 is 1.75 bits per heavy atom. The van der Waals surface area contributed by atoms with Gasteiger partial charge in [0.25, 0.3) is 0 Å². The maximum Gasteiger partial charge on any atom is 0.137 e. The van der Waals surface area contributed by atoms with Crippen molar-refractivity contribution in [3.8, 4) is 0 Å². The Morgan fingerprint density at radius 3 is 2.40 bits per heavy atom. The van der Waals surface area contributed by atoms with E-state index in [1.807, 2.05) is 0 Å². The van der Waals surface area contributed by atoms with E-state index in [4.69, 9.17) is 5.84 Å². The number of hydrazine groups is 1. The zero-order valence-electron chi connectivity index (χ0n) is 10.3. The van der Waals surface area contributed by atoms with Crippen LogP contribution in [0.5, 0.6) is 0 Å². The summed E-state index contributed by atoms with van der Waals surface area (Å²) in [7, 11) is 0. The molecule has 1 atom stereocenters. The minimum atomic E-state index is -0.398. The summed E-state index contributed by atoms with van der Waals surface area (Å²) in [6, 6.07) is 8.97. The number of benzene rings is 2. The summed E-state index contributed by atoms with van der Waals surface area (Å²) in [5, 5.41) is 0. The van der Waals surface area contributed by atoms with Gasteiger partial charge in [0.15, 0.2) is 0 Å². The Bertz CT molecular complexity index is 620. The van der Waals surface area contributed by atoms with Gasteiger partial charge < -0.3 is 0 Å². The first-order chi connectivity index (χ1) is 9.51. The highest BCUT2D eigenvalue weighted by molar-refractivity contribution is 9.10. The molecule has 6 heteroatoms. The lowest BCUT2D eigenvalue weighted by molar-refractivity contribution is 0.509. The number of halogens is 4. The molecule has 0 spiro atoms. The summed E-state index contributed by atoms with van der Waals surface area (Å²) >= 11 is 6.44. The van der Waals surface area contributed by atoms with Crippen LogP contribution in [0.1, 0.15) is 17.2 Å². The smallest absolute Gasteiger partial charge is 0.137 e. The molecule has 0 bridgehead atoms. The van der Waals surface area contributed by atoms with Gasteiger partial charge in [-0.3, -0.25) is 11.3 Å². The van der Waals surface area contributed by atoms with Crippen LogP contribution in [-0.2, 0) is 6.42 Å². The molecular weight excluding hydrogens is 394 g/mol. The first kappa shape index (κ1) is 15.6. The van der Waals surface area contributed by atoms with Crippen LogP contribution in [-0.4, -0.2) is 0 Å². The molecule has 3 N–H and O–H groups in total. The lowest BCUT2D eigenvalue weighted by atomic mass is 9.99. The highest BCUT2D eigenvalue weighted by Crippen LogP contribution is 2.26. The Morgan fingerprint density at radius 1 is 1.05 bits per heavy atom. The van der Waals surface area contributed by atoms with E-state index in [9.17, 15) is 8.78 Å². The largest absolute Gasteiger partial charge is 0.271 e. The van der Waals surface area contributed by atoms with Gasteiger partial charge in [-0.25, -0.2) is 8.78 Å². The van der Waals surface area contributed by atoms with Gasteiger partial charge in [0.05, 0.1) is 10.5 Å². The van der Waals surface area contributed by atoms with E-state index in [1.165, 1.54) is 12.1 Å². The Balaban J connectivity index is 2.28. The van der Waals surface area contributed by atoms with Crippen molar-refractivity contribution in [3.05, 3.63) is 68.1 Å². The van der Waals surface area contributed by atoms with Crippen molar-refractivity contribution in [1.82, 2.24) is 5.43 Å². The molecule has 0 saturated carbocycles. The van der Waals surface area contributed by atoms with E-state index >= 15 is 0 Å². The Hall–Kier alpha value is -0.820. The van der Waals surface area contributed by atoms with Gasteiger partial charge in [-0.1, -0.05) is 22.0 Å². The molecule has 0 aliphatic heterocycles. The maximum atomic E-state index is 13.9. The van der Waals surface area contributed by atoms with E-state index in [0.717, 1.165) is 10.0 Å². The topological polar surface area (TPSA) is 38.0 Å². The second-order valence-corrected chi connectivity index (χ2v) is 6.11. The fourth-order valence-electron chi connectivity index (χ4n) is 1.94. The van der Waals surface area contributed by atoms with Crippen LogP contribution in [0.4, 0.5) is 8.78 Å². The van der Waals surface area contributed by atoms with Gasteiger partial charge in [0, 0.05) is 10.0 Å². The van der Waals surface area contributed by atoms with Crippen LogP contribution in [0.25, 0.3) is 0 Å². The molecule has 20 heavy (non-hydrogen) atoms. The van der Waals surface area contributed by atoms with E-state index in [1.54, 1.807) is 24.3 Å². The quantitative estimate of drug-likeness (QED) is 0.589. The molecule has 0 aliphatic carbocycles. The van der Waals surface area contributed by atoms with Crippen LogP contribution in [0, 0.1) is 11.6 Å². The molecule has 0 aliphatic rings. The number of nitrogens with one attached hydrogen (secondary N) is 1. The van der Waals surface area contributed by atoms with Crippen LogP contribution in [0.3, 0.4) is 0 Å². The molecule has 1 unspecified atom stereocenters. The molecule has 2 rings (SSSR count). The molecule has 0 fully saturated rings. The highest BCUT2D eigenvalue weighted by Gasteiger charge is 2.16. The zero-order chi connectivity index (χ0) is 14.7. The third kappa shape index (κ3) is 3.63. The van der Waals surface area contributed by atoms with Crippen molar-refractivity contribution in [1.29, 1.82) is 0 Å². The van der Waals surface area contributed by atoms with Gasteiger partial charge >= 0.3 is 0 Å². The number of nitrogens with two attached hydrogens (primary N) is 1. The second-order valence-electron chi connectivity index (χ2n) is 4.34. The molecule has 2 aromatic rings. The molecule has 2 nitrogen and oxygen atoms in total. The van der Waals surface area contributed by atoms with E-state index in [-0.39, 0.29) is 11.6 Å². The van der Waals surface area contributed by atoms with E-state index in [2.05, 4.69) is 37.3 Å². The highest BCUT2D eigenvalue weighted by atomic mass is 79.9. The summed E-state index contributed by atoms with van der Waals surface area (Å²) < 4.78 is 28.2. The summed E-state index contributed by atoms with van der Waals surface area (Å²) in [6.07, 6.45) is 0.447. The fraction of sp³-hybridized carbons (Fsp3) is 0.143. The molecule has 0 heterocycles. The van der Waals surface area contributed by atoms with Crippen LogP contribution < -0.4 is 11.3 Å². The third-order valence-electron chi connectivity index (χ3n) is 2.96. The van der Waals surface area contributed by atoms with Crippen molar-refractivity contribution in [2.45, 2.75) is 12.5 Å². The van der Waals surface area contributed by atoms with Crippen molar-refractivity contribution >= 4 is 31.9 Å². The minimum Gasteiger partial charge on any atom is -0.271 e. The normalized spacial score (nSPS) is 12.4. The van der Waals surface area contributed by atoms with Gasteiger partial charge in [0.1, 0.15) is 11.6 Å². The summed E-state index contributed by atoms with van der Waals surface area (Å²) in [5.74, 6) is 4.85. The molecule has 0 saturated heterocycles. The van der Waals surface area contributed by atoms with Gasteiger partial charge in [-0.2, -0.15) is 0 Å². The molecule has 2 aromatic carbocycles. The van der Waals surface area contributed by atoms with Gasteiger partial charge in [-0.15, -0.1) is 0 Å². The SMILES string of the molecule is NNC(Cc1ccc(F)c(Br)c1)c1cc(Br)ccc1F. The minimum absolute atomic E-state index is 0.334. The Kier molecular flexibility index (Phi) is 5.26.